The summed E-state index contributed by atoms with van der Waals surface area (Å²) in [5.74, 6) is 1.38. The number of likely N-dealkylation sites (tertiary alicyclic amines) is 1. The van der Waals surface area contributed by atoms with Gasteiger partial charge in [-0.15, -0.1) is 0 Å². The van der Waals surface area contributed by atoms with E-state index in [4.69, 9.17) is 28.7 Å². The Balaban J connectivity index is 0.000000232. The average molecular weight is 674 g/mol. The number of carbonyl (C=O) groups is 3. The number of aryl methyl sites for hydroxylation is 3. The van der Waals surface area contributed by atoms with Gasteiger partial charge in [-0.25, -0.2) is 19.6 Å². The smallest absolute Gasteiger partial charge is 0.411 e. The van der Waals surface area contributed by atoms with Crippen LogP contribution < -0.4 is 14.2 Å². The fourth-order valence-electron chi connectivity index (χ4n) is 6.46. The van der Waals surface area contributed by atoms with Crippen LogP contribution in [0.2, 0.25) is 0 Å². The number of amides is 1. The molecule has 6 rings (SSSR count). The third kappa shape index (κ3) is 7.04. The average Bonchev–Trinajstić information content (AvgIpc) is 3.43. The van der Waals surface area contributed by atoms with Crippen molar-refractivity contribution < 1.29 is 43.2 Å². The lowest BCUT2D eigenvalue weighted by molar-refractivity contribution is -0.145. The summed E-state index contributed by atoms with van der Waals surface area (Å²) in [7, 11) is 4.51. The van der Waals surface area contributed by atoms with Crippen LogP contribution in [0.5, 0.6) is 23.0 Å². The number of hydrogen-bond acceptors (Lipinski definition) is 11. The number of Topliss-reactive ketones (excluding diaryl/α,β-unsaturated/α-hetero) is 1. The molecule has 2 aliphatic rings. The maximum atomic E-state index is 12.9. The molecule has 2 aromatic carbocycles. The first-order valence-electron chi connectivity index (χ1n) is 16.0. The number of benzene rings is 2. The van der Waals surface area contributed by atoms with Gasteiger partial charge in [-0.3, -0.25) is 9.69 Å². The Morgan fingerprint density at radius 1 is 0.939 bits per heavy atom. The molecule has 1 amide bonds. The Morgan fingerprint density at radius 2 is 1.53 bits per heavy atom. The van der Waals surface area contributed by atoms with Crippen LogP contribution in [0.4, 0.5) is 4.79 Å². The summed E-state index contributed by atoms with van der Waals surface area (Å²) in [6.07, 6.45) is 1.19. The summed E-state index contributed by atoms with van der Waals surface area (Å²) in [4.78, 5) is 47.4. The molecule has 0 bridgehead atoms. The first kappa shape index (κ1) is 35.2. The Hall–Kier alpha value is -5.13. The van der Waals surface area contributed by atoms with E-state index in [9.17, 15) is 19.5 Å². The van der Waals surface area contributed by atoms with E-state index in [1.807, 2.05) is 25.1 Å². The van der Waals surface area contributed by atoms with Gasteiger partial charge in [0.1, 0.15) is 40.2 Å². The largest absolute Gasteiger partial charge is 0.505 e. The SMILES string of the molecule is COC(=O)[C@@H]1C[C@]2(CCc3c(c(C)nc4ccc(OC)cc34)O2)CN1C(=O)OC(C)(C)C.COc1ccc2nc(C)c(O)c(C(C)=O)c2c1. The van der Waals surface area contributed by atoms with Crippen LogP contribution in [0.25, 0.3) is 21.8 Å². The van der Waals surface area contributed by atoms with E-state index >= 15 is 0 Å². The third-order valence-electron chi connectivity index (χ3n) is 8.76. The van der Waals surface area contributed by atoms with Gasteiger partial charge in [0.05, 0.1) is 55.9 Å². The number of pyridine rings is 2. The molecule has 1 N–H and O–H groups in total. The molecular formula is C37H43N3O9. The molecule has 12 heteroatoms. The molecule has 4 heterocycles. The van der Waals surface area contributed by atoms with Gasteiger partial charge in [0, 0.05) is 22.8 Å². The summed E-state index contributed by atoms with van der Waals surface area (Å²) in [6, 6.07) is 10.3. The number of carbonyl (C=O) groups excluding carboxylic acids is 3. The van der Waals surface area contributed by atoms with Crippen molar-refractivity contribution in [3.05, 3.63) is 58.9 Å². The van der Waals surface area contributed by atoms with Gasteiger partial charge in [0.15, 0.2) is 5.78 Å². The zero-order valence-corrected chi connectivity index (χ0v) is 29.4. The summed E-state index contributed by atoms with van der Waals surface area (Å²) >= 11 is 0. The predicted molar refractivity (Wildman–Crippen MR) is 183 cm³/mol. The second-order valence-electron chi connectivity index (χ2n) is 13.4. The first-order chi connectivity index (χ1) is 23.1. The summed E-state index contributed by atoms with van der Waals surface area (Å²) < 4.78 is 27.6. The number of aromatic nitrogens is 2. The Kier molecular flexibility index (Phi) is 9.63. The van der Waals surface area contributed by atoms with Crippen LogP contribution in [0.1, 0.15) is 67.8 Å². The number of fused-ring (bicyclic) bond motifs is 4. The molecular weight excluding hydrogens is 630 g/mol. The molecule has 1 fully saturated rings. The van der Waals surface area contributed by atoms with E-state index in [0.29, 0.717) is 46.5 Å². The van der Waals surface area contributed by atoms with E-state index in [-0.39, 0.29) is 18.1 Å². The topological polar surface area (TPSA) is 147 Å². The van der Waals surface area contributed by atoms with E-state index in [1.54, 1.807) is 60.1 Å². The molecule has 4 aromatic rings. The normalized spacial score (nSPS) is 18.3. The number of esters is 1. The number of ketones is 1. The van der Waals surface area contributed by atoms with Crippen LogP contribution >= 0.6 is 0 Å². The highest BCUT2D eigenvalue weighted by Crippen LogP contribution is 2.45. The first-order valence-corrected chi connectivity index (χ1v) is 16.0. The van der Waals surface area contributed by atoms with Gasteiger partial charge in [-0.05, 0) is 90.8 Å². The predicted octanol–water partition coefficient (Wildman–Crippen LogP) is 6.26. The third-order valence-corrected chi connectivity index (χ3v) is 8.76. The Bertz CT molecular complexity index is 1950. The monoisotopic (exact) mass is 673 g/mol. The minimum atomic E-state index is -0.759. The summed E-state index contributed by atoms with van der Waals surface area (Å²) in [5.41, 5.74) is 2.78. The molecule has 0 aliphatic carbocycles. The van der Waals surface area contributed by atoms with Crippen molar-refractivity contribution in [3.8, 4) is 23.0 Å². The Morgan fingerprint density at radius 3 is 2.10 bits per heavy atom. The molecule has 12 nitrogen and oxygen atoms in total. The number of methoxy groups -OCH3 is 3. The zero-order valence-electron chi connectivity index (χ0n) is 29.4. The van der Waals surface area contributed by atoms with Crippen LogP contribution in [-0.4, -0.2) is 82.9 Å². The second-order valence-corrected chi connectivity index (χ2v) is 13.4. The maximum Gasteiger partial charge on any atom is 0.411 e. The van der Waals surface area contributed by atoms with E-state index < -0.39 is 29.3 Å². The minimum Gasteiger partial charge on any atom is -0.505 e. The molecule has 2 aliphatic heterocycles. The van der Waals surface area contributed by atoms with Crippen LogP contribution in [-0.2, 0) is 20.7 Å². The lowest BCUT2D eigenvalue weighted by Gasteiger charge is -2.36. The lowest BCUT2D eigenvalue weighted by Crippen LogP contribution is -2.46. The van der Waals surface area contributed by atoms with Crippen LogP contribution in [0.3, 0.4) is 0 Å². The van der Waals surface area contributed by atoms with Crippen molar-refractivity contribution in [2.75, 3.05) is 27.9 Å². The molecule has 1 saturated heterocycles. The second kappa shape index (κ2) is 13.4. The number of hydrogen-bond donors (Lipinski definition) is 1. The minimum absolute atomic E-state index is 0.0572. The maximum absolute atomic E-state index is 12.9. The van der Waals surface area contributed by atoms with E-state index in [0.717, 1.165) is 34.3 Å². The summed E-state index contributed by atoms with van der Waals surface area (Å²) in [5, 5.41) is 11.5. The number of nitrogens with zero attached hydrogens (tertiary/aromatic N) is 3. The number of aromatic hydroxyl groups is 1. The molecule has 0 radical (unpaired) electrons. The highest BCUT2D eigenvalue weighted by Gasteiger charge is 2.53. The van der Waals surface area contributed by atoms with Crippen molar-refractivity contribution in [2.24, 2.45) is 0 Å². The van der Waals surface area contributed by atoms with Crippen molar-refractivity contribution in [3.63, 3.8) is 0 Å². The van der Waals surface area contributed by atoms with Crippen LogP contribution in [0, 0.1) is 13.8 Å². The van der Waals surface area contributed by atoms with Crippen molar-refractivity contribution >= 4 is 39.7 Å². The van der Waals surface area contributed by atoms with Gasteiger partial charge < -0.3 is 28.8 Å². The number of ether oxygens (including phenoxy) is 5. The lowest BCUT2D eigenvalue weighted by atomic mass is 9.87. The van der Waals surface area contributed by atoms with Gasteiger partial charge in [0.2, 0.25) is 0 Å². The van der Waals surface area contributed by atoms with Gasteiger partial charge >= 0.3 is 12.1 Å². The van der Waals surface area contributed by atoms with Gasteiger partial charge in [-0.2, -0.15) is 0 Å². The van der Waals surface area contributed by atoms with Crippen LogP contribution in [0.15, 0.2) is 36.4 Å². The van der Waals surface area contributed by atoms with E-state index in [2.05, 4.69) is 4.98 Å². The Labute approximate surface area is 285 Å². The molecule has 260 valence electrons. The fourth-order valence-corrected chi connectivity index (χ4v) is 6.46. The fraction of sp³-hybridized carbons (Fsp3) is 0.432. The van der Waals surface area contributed by atoms with Gasteiger partial charge in [0.25, 0.3) is 0 Å². The zero-order chi connectivity index (χ0) is 35.8. The highest BCUT2D eigenvalue weighted by atomic mass is 16.6. The van der Waals surface area contributed by atoms with Crippen molar-refractivity contribution in [1.29, 1.82) is 0 Å². The van der Waals surface area contributed by atoms with Crippen molar-refractivity contribution in [2.45, 2.75) is 78.0 Å². The molecule has 0 unspecified atom stereocenters. The summed E-state index contributed by atoms with van der Waals surface area (Å²) in [6.45, 7) is 10.7. The number of rotatable bonds is 4. The molecule has 0 saturated carbocycles. The quantitative estimate of drug-likeness (QED) is 0.193. The molecule has 2 atom stereocenters. The highest BCUT2D eigenvalue weighted by molar-refractivity contribution is 6.09. The molecule has 2 aromatic heterocycles. The molecule has 49 heavy (non-hydrogen) atoms. The standard InChI is InChI=1S/C24H30N2O6.C13H13NO3/c1-14-20-16(17-11-15(29-5)7-8-18(17)25-14)9-10-24(31-20)12-19(21(27)30-6)26(13-24)22(28)32-23(2,3)4;1-7-13(16)12(8(2)15)10-6-9(17-3)4-5-11(10)14-7/h7-8,11,19H,9-10,12-13H2,1-6H3;4-6,16H,1-3H3/t19-,24+;/m0./s1. The molecule has 1 spiro atoms. The van der Waals surface area contributed by atoms with Gasteiger partial charge in [-0.1, -0.05) is 0 Å². The van der Waals surface area contributed by atoms with Crippen molar-refractivity contribution in [1.82, 2.24) is 14.9 Å². The van der Waals surface area contributed by atoms with E-state index in [1.165, 1.54) is 18.9 Å².